The Hall–Kier alpha value is -2.99. The van der Waals surface area contributed by atoms with E-state index in [-0.39, 0.29) is 12.5 Å². The molecule has 278 valence electrons. The summed E-state index contributed by atoms with van der Waals surface area (Å²) < 4.78 is 40.5. The van der Waals surface area contributed by atoms with E-state index >= 15 is 0 Å². The van der Waals surface area contributed by atoms with Gasteiger partial charge < -0.3 is 19.5 Å². The molecule has 5 rings (SSSR count). The van der Waals surface area contributed by atoms with E-state index in [4.69, 9.17) is 24.5 Å². The Morgan fingerprint density at radius 3 is 2.10 bits per heavy atom. The number of anilines is 1. The van der Waals surface area contributed by atoms with Crippen molar-refractivity contribution in [1.29, 1.82) is 0 Å². The third-order valence-corrected chi connectivity index (χ3v) is 13.5. The lowest BCUT2D eigenvalue weighted by Gasteiger charge is -2.36. The number of aromatic nitrogens is 4. The predicted molar refractivity (Wildman–Crippen MR) is 211 cm³/mol. The molecule has 0 aliphatic heterocycles. The summed E-state index contributed by atoms with van der Waals surface area (Å²) in [6.07, 6.45) is 7.10. The van der Waals surface area contributed by atoms with Gasteiger partial charge in [-0.15, -0.1) is 0 Å². The number of nitrogens with one attached hydrogen (secondary N) is 1. The van der Waals surface area contributed by atoms with Crippen LogP contribution in [-0.4, -0.2) is 94.3 Å². The highest BCUT2D eigenvalue weighted by molar-refractivity contribution is 7.88. The summed E-state index contributed by atoms with van der Waals surface area (Å²) in [5.41, 5.74) is 4.24. The fraction of sp³-hybridized carbons (Fsp3) is 0.541. The van der Waals surface area contributed by atoms with Gasteiger partial charge in [-0.05, 0) is 43.8 Å². The molecule has 3 aromatic heterocycles. The van der Waals surface area contributed by atoms with Crippen LogP contribution in [0.2, 0.25) is 51.4 Å². The van der Waals surface area contributed by atoms with Gasteiger partial charge in [0, 0.05) is 76.5 Å². The minimum atomic E-state index is -3.41. The molecule has 51 heavy (non-hydrogen) atoms. The van der Waals surface area contributed by atoms with Gasteiger partial charge in [0.1, 0.15) is 19.3 Å². The van der Waals surface area contributed by atoms with E-state index in [9.17, 15) is 13.5 Å². The Bertz CT molecular complexity index is 1810. The second-order valence-electron chi connectivity index (χ2n) is 16.5. The predicted octanol–water partition coefficient (Wildman–Crippen LogP) is 6.83. The molecule has 1 aliphatic rings. The average molecular weight is 753 g/mol. The van der Waals surface area contributed by atoms with Gasteiger partial charge >= 0.3 is 0 Å². The summed E-state index contributed by atoms with van der Waals surface area (Å²) in [7, 11) is -5.98. The van der Waals surface area contributed by atoms with Gasteiger partial charge in [0.25, 0.3) is 0 Å². The largest absolute Gasteiger partial charge is 0.389 e. The van der Waals surface area contributed by atoms with E-state index in [1.54, 1.807) is 0 Å². The standard InChI is InChI=1S/C37H56N6O5SSi2/c1-49(45,46)40-26-37(44)17-15-30(16-18-37)34-23-35(42(27-47-19-21-50(2,3)4)28-48-20-22-51(5,6)7)43-36(41-34)32(25-39-43)31-13-14-33(38-24-31)29-11-9-8-10-12-29/h8-14,23-25,30,40,44H,15-22,26-28H2,1-7H3. The molecule has 0 spiro atoms. The van der Waals surface area contributed by atoms with Crippen LogP contribution >= 0.6 is 0 Å². The number of benzene rings is 1. The first-order valence-electron chi connectivity index (χ1n) is 18.0. The van der Waals surface area contributed by atoms with Crippen molar-refractivity contribution in [2.75, 3.05) is 44.4 Å². The Labute approximate surface area is 305 Å². The van der Waals surface area contributed by atoms with Crippen LogP contribution in [0.5, 0.6) is 0 Å². The number of sulfonamides is 1. The molecular weight excluding hydrogens is 697 g/mol. The SMILES string of the molecule is C[Si](C)(C)CCOCN(COCC[Si](C)(C)C)c1cc(C2CCC(O)(CNS(C)(=O)=O)CC2)nc2c(-c3ccc(-c4ccccc4)nc3)cnn12. The average Bonchev–Trinajstić information content (AvgIpc) is 3.50. The van der Waals surface area contributed by atoms with Gasteiger partial charge in [-0.25, -0.2) is 18.1 Å². The van der Waals surface area contributed by atoms with Crippen molar-refractivity contribution in [2.45, 2.75) is 88.6 Å². The molecule has 4 aromatic rings. The van der Waals surface area contributed by atoms with Crippen molar-refractivity contribution in [3.05, 3.63) is 66.6 Å². The number of fused-ring (bicyclic) bond motifs is 1. The summed E-state index contributed by atoms with van der Waals surface area (Å²) in [6.45, 7) is 16.1. The van der Waals surface area contributed by atoms with Crippen LogP contribution in [0.3, 0.4) is 0 Å². The summed E-state index contributed by atoms with van der Waals surface area (Å²) in [5.74, 6) is 0.895. The molecule has 0 unspecified atom stereocenters. The van der Waals surface area contributed by atoms with Crippen molar-refractivity contribution < 1.29 is 23.0 Å². The highest BCUT2D eigenvalue weighted by Gasteiger charge is 2.35. The molecule has 1 saturated carbocycles. The number of hydrogen-bond donors (Lipinski definition) is 2. The highest BCUT2D eigenvalue weighted by Crippen LogP contribution is 2.39. The summed E-state index contributed by atoms with van der Waals surface area (Å²) in [4.78, 5) is 12.1. The molecule has 2 N–H and O–H groups in total. The van der Waals surface area contributed by atoms with Crippen molar-refractivity contribution in [1.82, 2.24) is 24.3 Å². The van der Waals surface area contributed by atoms with Crippen LogP contribution < -0.4 is 9.62 Å². The van der Waals surface area contributed by atoms with Crippen LogP contribution in [0.4, 0.5) is 5.82 Å². The van der Waals surface area contributed by atoms with Crippen LogP contribution in [-0.2, 0) is 19.5 Å². The van der Waals surface area contributed by atoms with Gasteiger partial charge in [-0.3, -0.25) is 4.98 Å². The van der Waals surface area contributed by atoms with Crippen LogP contribution in [0.25, 0.3) is 28.0 Å². The van der Waals surface area contributed by atoms with E-state index < -0.39 is 31.8 Å². The van der Waals surface area contributed by atoms with Crippen LogP contribution in [0.1, 0.15) is 37.3 Å². The molecule has 11 nitrogen and oxygen atoms in total. The lowest BCUT2D eigenvalue weighted by atomic mass is 9.77. The first kappa shape index (κ1) is 39.2. The van der Waals surface area contributed by atoms with Crippen molar-refractivity contribution in [3.8, 4) is 22.4 Å². The first-order chi connectivity index (χ1) is 24.0. The topological polar surface area (TPSA) is 131 Å². The fourth-order valence-corrected chi connectivity index (χ4v) is 8.15. The molecule has 1 aromatic carbocycles. The molecule has 0 atom stereocenters. The maximum absolute atomic E-state index is 11.8. The third kappa shape index (κ3) is 11.5. The maximum Gasteiger partial charge on any atom is 0.208 e. The number of nitrogens with zero attached hydrogens (tertiary/aromatic N) is 5. The normalized spacial score (nSPS) is 18.7. The molecule has 0 bridgehead atoms. The minimum absolute atomic E-state index is 0.00627. The summed E-state index contributed by atoms with van der Waals surface area (Å²) in [6, 6.07) is 18.4. The number of rotatable bonds is 17. The van der Waals surface area contributed by atoms with E-state index in [0.717, 1.165) is 52.2 Å². The molecule has 0 amide bonds. The van der Waals surface area contributed by atoms with E-state index in [2.05, 4.69) is 61.0 Å². The first-order valence-corrected chi connectivity index (χ1v) is 27.3. The lowest BCUT2D eigenvalue weighted by molar-refractivity contribution is 0.00418. The maximum atomic E-state index is 11.8. The smallest absolute Gasteiger partial charge is 0.208 e. The van der Waals surface area contributed by atoms with Crippen LogP contribution in [0, 0.1) is 0 Å². The monoisotopic (exact) mass is 752 g/mol. The minimum Gasteiger partial charge on any atom is -0.389 e. The third-order valence-electron chi connectivity index (χ3n) is 9.43. The molecule has 3 heterocycles. The number of aliphatic hydroxyl groups is 1. The zero-order valence-electron chi connectivity index (χ0n) is 31.4. The van der Waals surface area contributed by atoms with E-state index in [1.165, 1.54) is 0 Å². The quantitative estimate of drug-likeness (QED) is 0.0678. The number of ether oxygens (including phenoxy) is 2. The fourth-order valence-electron chi connectivity index (χ4n) is 6.10. The van der Waals surface area contributed by atoms with Gasteiger partial charge in [-0.2, -0.15) is 9.61 Å². The molecule has 0 saturated heterocycles. The van der Waals surface area contributed by atoms with Gasteiger partial charge in [0.2, 0.25) is 10.0 Å². The Kier molecular flexibility index (Phi) is 12.6. The molecule has 1 aliphatic carbocycles. The molecule has 0 radical (unpaired) electrons. The molecule has 1 fully saturated rings. The molecular formula is C37H56N6O5SSi2. The second kappa shape index (κ2) is 16.4. The van der Waals surface area contributed by atoms with Crippen molar-refractivity contribution in [2.24, 2.45) is 0 Å². The van der Waals surface area contributed by atoms with Gasteiger partial charge in [0.15, 0.2) is 5.65 Å². The number of pyridine rings is 1. The lowest BCUT2D eigenvalue weighted by Crippen LogP contribution is -2.44. The second-order valence-corrected chi connectivity index (χ2v) is 29.5. The summed E-state index contributed by atoms with van der Waals surface area (Å²) >= 11 is 0. The van der Waals surface area contributed by atoms with E-state index in [1.807, 2.05) is 53.3 Å². The van der Waals surface area contributed by atoms with Gasteiger partial charge in [0.05, 0.1) is 23.7 Å². The van der Waals surface area contributed by atoms with Crippen molar-refractivity contribution in [3.63, 3.8) is 0 Å². The number of hydrogen-bond acceptors (Lipinski definition) is 9. The van der Waals surface area contributed by atoms with Crippen LogP contribution in [0.15, 0.2) is 60.9 Å². The van der Waals surface area contributed by atoms with Gasteiger partial charge in [-0.1, -0.05) is 75.7 Å². The van der Waals surface area contributed by atoms with Crippen molar-refractivity contribution >= 4 is 37.6 Å². The Morgan fingerprint density at radius 2 is 1.55 bits per heavy atom. The van der Waals surface area contributed by atoms with E-state index in [0.29, 0.717) is 58.0 Å². The Balaban J connectivity index is 1.50. The zero-order valence-corrected chi connectivity index (χ0v) is 34.2. The zero-order chi connectivity index (χ0) is 36.9. The highest BCUT2D eigenvalue weighted by atomic mass is 32.2. The molecule has 14 heteroatoms. The Morgan fingerprint density at radius 1 is 0.922 bits per heavy atom. The summed E-state index contributed by atoms with van der Waals surface area (Å²) in [5, 5.41) is 16.1.